The highest BCUT2D eigenvalue weighted by Crippen LogP contribution is 2.48. The monoisotopic (exact) mass is 327 g/mol. The molecule has 3 aliphatic rings. The van der Waals surface area contributed by atoms with Crippen LogP contribution >= 0.6 is 15.9 Å². The molecule has 1 heterocycles. The number of carbonyl (C=O) groups is 3. The fraction of sp³-hybridized carbons (Fsp3) is 0.615. The van der Waals surface area contributed by atoms with Gasteiger partial charge in [0.15, 0.2) is 6.10 Å². The van der Waals surface area contributed by atoms with Gasteiger partial charge in [0.25, 0.3) is 5.91 Å². The molecule has 5 atom stereocenters. The Morgan fingerprint density at radius 2 is 2.05 bits per heavy atom. The number of halogens is 1. The van der Waals surface area contributed by atoms with Gasteiger partial charge in [-0.05, 0) is 18.3 Å². The average molecular weight is 328 g/mol. The van der Waals surface area contributed by atoms with Gasteiger partial charge >= 0.3 is 5.97 Å². The van der Waals surface area contributed by atoms with Gasteiger partial charge in [0.2, 0.25) is 5.91 Å². The van der Waals surface area contributed by atoms with Crippen molar-refractivity contribution in [1.82, 2.24) is 4.90 Å². The van der Waals surface area contributed by atoms with Gasteiger partial charge in [0.05, 0.1) is 12.3 Å². The molecule has 5 nitrogen and oxygen atoms in total. The third kappa shape index (κ3) is 1.93. The number of carbonyl (C=O) groups excluding carboxylic acids is 3. The van der Waals surface area contributed by atoms with Crippen LogP contribution in [0.1, 0.15) is 12.8 Å². The molecule has 19 heavy (non-hydrogen) atoms. The van der Waals surface area contributed by atoms with Crippen LogP contribution in [0.2, 0.25) is 0 Å². The van der Waals surface area contributed by atoms with E-state index in [0.29, 0.717) is 5.92 Å². The molecule has 1 saturated heterocycles. The molecule has 1 saturated carbocycles. The second-order valence-corrected chi connectivity index (χ2v) is 6.40. The number of imide groups is 1. The van der Waals surface area contributed by atoms with E-state index >= 15 is 0 Å². The fourth-order valence-electron chi connectivity index (χ4n) is 3.10. The van der Waals surface area contributed by atoms with E-state index in [-0.39, 0.29) is 35.0 Å². The number of allylic oxidation sites excluding steroid dienone is 2. The van der Waals surface area contributed by atoms with Crippen LogP contribution in [0.15, 0.2) is 12.2 Å². The maximum atomic E-state index is 12.2. The summed E-state index contributed by atoms with van der Waals surface area (Å²) in [5.74, 6) is -0.795. The molecule has 0 radical (unpaired) electrons. The number of alkyl halides is 1. The van der Waals surface area contributed by atoms with E-state index in [2.05, 4.69) is 22.0 Å². The first kappa shape index (κ1) is 12.8. The molecule has 0 spiro atoms. The number of likely N-dealkylation sites (tertiary alicyclic amines) is 1. The standard InChI is InChI=1S/C13H14BrNO4/c1-15-9(16)5-8(12(15)17)19-13(18)10-6-2-3-7(4-6)11(10)14/h2-3,6-8,10-11H,4-5H2,1H3/t6-,7+,8+,10+,11+/m1/s1. The quantitative estimate of drug-likeness (QED) is 0.327. The first-order valence-corrected chi connectivity index (χ1v) is 7.24. The third-order valence-corrected chi connectivity index (χ3v) is 5.48. The van der Waals surface area contributed by atoms with Crippen LogP contribution in [-0.4, -0.2) is 40.7 Å². The largest absolute Gasteiger partial charge is 0.451 e. The summed E-state index contributed by atoms with van der Waals surface area (Å²) < 4.78 is 5.26. The normalized spacial score (nSPS) is 40.3. The van der Waals surface area contributed by atoms with Crippen molar-refractivity contribution in [2.75, 3.05) is 7.05 Å². The van der Waals surface area contributed by atoms with Crippen molar-refractivity contribution in [3.63, 3.8) is 0 Å². The predicted molar refractivity (Wildman–Crippen MR) is 69.2 cm³/mol. The van der Waals surface area contributed by atoms with Crippen molar-refractivity contribution >= 4 is 33.7 Å². The number of likely N-dealkylation sites (N-methyl/N-ethyl adjacent to an activating group) is 1. The van der Waals surface area contributed by atoms with Crippen molar-refractivity contribution in [2.45, 2.75) is 23.8 Å². The highest BCUT2D eigenvalue weighted by molar-refractivity contribution is 9.09. The van der Waals surface area contributed by atoms with E-state index in [0.717, 1.165) is 11.3 Å². The predicted octanol–water partition coefficient (Wildman–Crippen LogP) is 0.872. The lowest BCUT2D eigenvalue weighted by molar-refractivity contribution is -0.160. The average Bonchev–Trinajstić information content (AvgIpc) is 3.01. The lowest BCUT2D eigenvalue weighted by Gasteiger charge is -2.22. The van der Waals surface area contributed by atoms with Crippen LogP contribution in [0.5, 0.6) is 0 Å². The Kier molecular flexibility index (Phi) is 3.00. The topological polar surface area (TPSA) is 63.7 Å². The SMILES string of the molecule is CN1C(=O)C[C@H](OC(=O)[C@@H]2[C@@H](Br)[C@H]3C=C[C@@H]2C3)C1=O. The Labute approximate surface area is 119 Å². The molecule has 0 N–H and O–H groups in total. The molecule has 2 bridgehead atoms. The summed E-state index contributed by atoms with van der Waals surface area (Å²) in [6, 6.07) is 0. The number of fused-ring (bicyclic) bond motifs is 2. The lowest BCUT2D eigenvalue weighted by Crippen LogP contribution is -2.35. The Bertz CT molecular complexity index is 489. The van der Waals surface area contributed by atoms with Gasteiger partial charge in [-0.1, -0.05) is 28.1 Å². The first-order valence-electron chi connectivity index (χ1n) is 6.32. The smallest absolute Gasteiger partial charge is 0.311 e. The van der Waals surface area contributed by atoms with Gasteiger partial charge in [-0.2, -0.15) is 0 Å². The zero-order valence-corrected chi connectivity index (χ0v) is 12.0. The van der Waals surface area contributed by atoms with E-state index in [1.807, 2.05) is 6.08 Å². The van der Waals surface area contributed by atoms with Crippen LogP contribution in [0.4, 0.5) is 0 Å². The van der Waals surface area contributed by atoms with E-state index in [1.54, 1.807) is 0 Å². The first-order chi connectivity index (χ1) is 8.99. The van der Waals surface area contributed by atoms with Gasteiger partial charge in [-0.3, -0.25) is 19.3 Å². The Morgan fingerprint density at radius 3 is 2.58 bits per heavy atom. The van der Waals surface area contributed by atoms with Crippen LogP contribution in [-0.2, 0) is 19.1 Å². The van der Waals surface area contributed by atoms with Crippen LogP contribution < -0.4 is 0 Å². The van der Waals surface area contributed by atoms with Gasteiger partial charge in [-0.25, -0.2) is 0 Å². The highest BCUT2D eigenvalue weighted by Gasteiger charge is 2.49. The van der Waals surface area contributed by atoms with Gasteiger partial charge < -0.3 is 4.74 Å². The number of rotatable bonds is 2. The highest BCUT2D eigenvalue weighted by atomic mass is 79.9. The molecule has 3 rings (SSSR count). The second kappa shape index (κ2) is 4.44. The van der Waals surface area contributed by atoms with E-state index in [4.69, 9.17) is 4.74 Å². The molecular formula is C13H14BrNO4. The van der Waals surface area contributed by atoms with Crippen molar-refractivity contribution in [3.05, 3.63) is 12.2 Å². The summed E-state index contributed by atoms with van der Waals surface area (Å²) in [5.41, 5.74) is 0. The fourth-order valence-corrected chi connectivity index (χ4v) is 4.10. The minimum absolute atomic E-state index is 0.0370. The number of ether oxygens (including phenoxy) is 1. The summed E-state index contributed by atoms with van der Waals surface area (Å²) in [6.45, 7) is 0. The van der Waals surface area contributed by atoms with Crippen LogP contribution in [0, 0.1) is 17.8 Å². The molecule has 6 heteroatoms. The number of hydrogen-bond acceptors (Lipinski definition) is 4. The molecule has 2 amide bonds. The van der Waals surface area contributed by atoms with E-state index in [9.17, 15) is 14.4 Å². The van der Waals surface area contributed by atoms with Crippen molar-refractivity contribution < 1.29 is 19.1 Å². The van der Waals surface area contributed by atoms with Crippen molar-refractivity contribution in [3.8, 4) is 0 Å². The second-order valence-electron chi connectivity index (χ2n) is 5.34. The van der Waals surface area contributed by atoms with Crippen LogP contribution in [0.3, 0.4) is 0 Å². The maximum absolute atomic E-state index is 12.2. The minimum atomic E-state index is -0.937. The lowest BCUT2D eigenvalue weighted by atomic mass is 9.93. The summed E-state index contributed by atoms with van der Waals surface area (Å²) in [6.07, 6.45) is 4.14. The Hall–Kier alpha value is -1.17. The molecule has 0 aromatic rings. The van der Waals surface area contributed by atoms with Gasteiger partial charge in [-0.15, -0.1) is 0 Å². The van der Waals surface area contributed by atoms with E-state index in [1.165, 1.54) is 7.05 Å². The number of hydrogen-bond donors (Lipinski definition) is 0. The molecule has 2 fully saturated rings. The Balaban J connectivity index is 1.68. The maximum Gasteiger partial charge on any atom is 0.311 e. The summed E-state index contributed by atoms with van der Waals surface area (Å²) >= 11 is 3.54. The number of nitrogens with zero attached hydrogens (tertiary/aromatic N) is 1. The molecular weight excluding hydrogens is 314 g/mol. The molecule has 0 aromatic carbocycles. The summed E-state index contributed by atoms with van der Waals surface area (Å²) in [4.78, 5) is 36.4. The van der Waals surface area contributed by atoms with Gasteiger partial charge in [0.1, 0.15) is 0 Å². The molecule has 2 aliphatic carbocycles. The zero-order chi connectivity index (χ0) is 13.7. The van der Waals surface area contributed by atoms with Crippen molar-refractivity contribution in [1.29, 1.82) is 0 Å². The number of amides is 2. The van der Waals surface area contributed by atoms with Gasteiger partial charge in [0, 0.05) is 11.9 Å². The molecule has 102 valence electrons. The number of esters is 1. The zero-order valence-electron chi connectivity index (χ0n) is 10.4. The molecule has 0 aromatic heterocycles. The van der Waals surface area contributed by atoms with Crippen LogP contribution in [0.25, 0.3) is 0 Å². The van der Waals surface area contributed by atoms with E-state index < -0.39 is 12.0 Å². The summed E-state index contributed by atoms with van der Waals surface area (Å²) in [7, 11) is 1.41. The summed E-state index contributed by atoms with van der Waals surface area (Å²) in [5, 5.41) is 0. The third-order valence-electron chi connectivity index (χ3n) is 4.23. The molecule has 0 unspecified atom stereocenters. The van der Waals surface area contributed by atoms with Crippen molar-refractivity contribution in [2.24, 2.45) is 17.8 Å². The Morgan fingerprint density at radius 1 is 1.37 bits per heavy atom. The molecule has 1 aliphatic heterocycles. The minimum Gasteiger partial charge on any atom is -0.451 e.